The van der Waals surface area contributed by atoms with Gasteiger partial charge >= 0.3 is 0 Å². The molecule has 80 valence electrons. The zero-order valence-electron chi connectivity index (χ0n) is 8.45. The zero-order valence-corrected chi connectivity index (χ0v) is 9.26. The summed E-state index contributed by atoms with van der Waals surface area (Å²) in [5, 5.41) is 6.42. The summed E-state index contributed by atoms with van der Waals surface area (Å²) in [4.78, 5) is 24.1. The van der Waals surface area contributed by atoms with Gasteiger partial charge in [0.2, 0.25) is 11.8 Å². The Morgan fingerprint density at radius 3 is 2.53 bits per heavy atom. The first-order valence-corrected chi connectivity index (χ1v) is 5.66. The second kappa shape index (κ2) is 4.12. The van der Waals surface area contributed by atoms with Crippen LogP contribution in [0.25, 0.3) is 0 Å². The Bertz CT molecular complexity index is 384. The number of amides is 2. The van der Waals surface area contributed by atoms with Crippen molar-refractivity contribution in [3.63, 3.8) is 0 Å². The van der Waals surface area contributed by atoms with Gasteiger partial charge in [0.25, 0.3) is 0 Å². The minimum Gasteiger partial charge on any atom is -0.294 e. The smallest absolute Gasteiger partial charge is 0.240 e. The molecular weight excluding hydrogens is 212 g/mol. The minimum absolute atomic E-state index is 0.209. The van der Waals surface area contributed by atoms with E-state index in [1.807, 2.05) is 11.8 Å². The molecule has 1 aromatic heterocycles. The molecule has 0 atom stereocenters. The Labute approximate surface area is 91.9 Å². The molecule has 15 heavy (non-hydrogen) atoms. The highest BCUT2D eigenvalue weighted by Crippen LogP contribution is 2.16. The van der Waals surface area contributed by atoms with Crippen LogP contribution in [0.1, 0.15) is 11.1 Å². The van der Waals surface area contributed by atoms with Crippen LogP contribution in [0.15, 0.2) is 10.8 Å². The van der Waals surface area contributed by atoms with Gasteiger partial charge in [0.05, 0.1) is 13.1 Å². The Morgan fingerprint density at radius 2 is 2.00 bits per heavy atom. The van der Waals surface area contributed by atoms with E-state index in [-0.39, 0.29) is 11.8 Å². The van der Waals surface area contributed by atoms with Gasteiger partial charge in [-0.2, -0.15) is 11.3 Å². The van der Waals surface area contributed by atoms with Crippen molar-refractivity contribution in [3.8, 4) is 0 Å². The summed E-state index contributed by atoms with van der Waals surface area (Å²) in [7, 11) is 0. The maximum absolute atomic E-state index is 11.1. The van der Waals surface area contributed by atoms with Crippen LogP contribution in [-0.4, -0.2) is 29.8 Å². The van der Waals surface area contributed by atoms with Crippen LogP contribution >= 0.6 is 11.3 Å². The van der Waals surface area contributed by atoms with Gasteiger partial charge in [0.1, 0.15) is 0 Å². The molecule has 0 radical (unpaired) electrons. The van der Waals surface area contributed by atoms with E-state index in [0.29, 0.717) is 19.6 Å². The third-order valence-corrected chi connectivity index (χ3v) is 3.28. The van der Waals surface area contributed by atoms with E-state index < -0.39 is 0 Å². The molecule has 2 heterocycles. The highest BCUT2D eigenvalue weighted by molar-refractivity contribution is 7.08. The standard InChI is InChI=1S/C10H12N2O2S/c1-7-5-15-6-8(7)2-12-3-9(13)11-10(14)4-12/h5-6H,2-4H2,1H3,(H,11,13,14). The normalized spacial score (nSPS) is 17.9. The molecule has 1 aliphatic rings. The summed E-state index contributed by atoms with van der Waals surface area (Å²) >= 11 is 1.64. The molecule has 0 bridgehead atoms. The fourth-order valence-corrected chi connectivity index (χ4v) is 2.45. The topological polar surface area (TPSA) is 49.4 Å². The molecule has 1 fully saturated rings. The number of rotatable bonds is 2. The number of thiophene rings is 1. The largest absolute Gasteiger partial charge is 0.294 e. The van der Waals surface area contributed by atoms with Gasteiger partial charge < -0.3 is 0 Å². The molecule has 1 aliphatic heterocycles. The summed E-state index contributed by atoms with van der Waals surface area (Å²) in [6.45, 7) is 3.33. The molecule has 2 amide bonds. The van der Waals surface area contributed by atoms with Crippen molar-refractivity contribution in [1.82, 2.24) is 10.2 Å². The van der Waals surface area contributed by atoms with Crippen molar-refractivity contribution >= 4 is 23.2 Å². The molecular formula is C10H12N2O2S. The first-order valence-electron chi connectivity index (χ1n) is 4.72. The first-order chi connectivity index (χ1) is 7.15. The highest BCUT2D eigenvalue weighted by Gasteiger charge is 2.22. The molecule has 1 aromatic rings. The average molecular weight is 224 g/mol. The predicted molar refractivity (Wildman–Crippen MR) is 57.5 cm³/mol. The molecule has 1 N–H and O–H groups in total. The Balaban J connectivity index is 2.03. The molecule has 5 heteroatoms. The number of nitrogens with zero attached hydrogens (tertiary/aromatic N) is 1. The Hall–Kier alpha value is -1.20. The van der Waals surface area contributed by atoms with Gasteiger partial charge in [-0.05, 0) is 28.8 Å². The lowest BCUT2D eigenvalue weighted by Gasteiger charge is -2.24. The Kier molecular flexibility index (Phi) is 2.83. The second-order valence-electron chi connectivity index (χ2n) is 3.70. The van der Waals surface area contributed by atoms with E-state index >= 15 is 0 Å². The van der Waals surface area contributed by atoms with E-state index in [1.165, 1.54) is 11.1 Å². The number of nitrogens with one attached hydrogen (secondary N) is 1. The van der Waals surface area contributed by atoms with Crippen molar-refractivity contribution in [2.24, 2.45) is 0 Å². The lowest BCUT2D eigenvalue weighted by atomic mass is 10.2. The fourth-order valence-electron chi connectivity index (χ4n) is 1.60. The van der Waals surface area contributed by atoms with Crippen molar-refractivity contribution in [2.45, 2.75) is 13.5 Å². The molecule has 0 unspecified atom stereocenters. The number of hydrogen-bond acceptors (Lipinski definition) is 4. The van der Waals surface area contributed by atoms with Crippen molar-refractivity contribution in [2.75, 3.05) is 13.1 Å². The third-order valence-electron chi connectivity index (χ3n) is 2.37. The maximum Gasteiger partial charge on any atom is 0.240 e. The van der Waals surface area contributed by atoms with E-state index in [1.54, 1.807) is 11.3 Å². The van der Waals surface area contributed by atoms with E-state index in [9.17, 15) is 9.59 Å². The van der Waals surface area contributed by atoms with E-state index in [4.69, 9.17) is 0 Å². The van der Waals surface area contributed by atoms with E-state index in [0.717, 1.165) is 0 Å². The number of carbonyl (C=O) groups is 2. The maximum atomic E-state index is 11.1. The predicted octanol–water partition coefficient (Wildman–Crippen LogP) is 0.515. The van der Waals surface area contributed by atoms with Gasteiger partial charge in [-0.15, -0.1) is 0 Å². The summed E-state index contributed by atoms with van der Waals surface area (Å²) in [6, 6.07) is 0. The number of hydrogen-bond donors (Lipinski definition) is 1. The highest BCUT2D eigenvalue weighted by atomic mass is 32.1. The monoisotopic (exact) mass is 224 g/mol. The first kappa shape index (κ1) is 10.3. The molecule has 1 saturated heterocycles. The van der Waals surface area contributed by atoms with E-state index in [2.05, 4.69) is 16.1 Å². The number of carbonyl (C=O) groups excluding carboxylic acids is 2. The number of piperazine rings is 1. The summed E-state index contributed by atoms with van der Waals surface area (Å²) < 4.78 is 0. The van der Waals surface area contributed by atoms with Crippen LogP contribution in [0.3, 0.4) is 0 Å². The van der Waals surface area contributed by atoms with Crippen LogP contribution < -0.4 is 5.32 Å². The zero-order chi connectivity index (χ0) is 10.8. The lowest BCUT2D eigenvalue weighted by Crippen LogP contribution is -2.50. The molecule has 0 saturated carbocycles. The molecule has 0 aromatic carbocycles. The molecule has 0 spiro atoms. The van der Waals surface area contributed by atoms with Gasteiger partial charge in [0, 0.05) is 6.54 Å². The number of imide groups is 1. The SMILES string of the molecule is Cc1cscc1CN1CC(=O)NC(=O)C1. The average Bonchev–Trinajstić information content (AvgIpc) is 2.50. The number of aryl methyl sites for hydroxylation is 1. The molecule has 0 aliphatic carbocycles. The molecule has 2 rings (SSSR count). The van der Waals surface area contributed by atoms with Gasteiger partial charge in [-0.25, -0.2) is 0 Å². The van der Waals surface area contributed by atoms with Crippen LogP contribution in [0.2, 0.25) is 0 Å². The van der Waals surface area contributed by atoms with Crippen LogP contribution in [0.5, 0.6) is 0 Å². The summed E-state index contributed by atoms with van der Waals surface area (Å²) in [6.07, 6.45) is 0. The van der Waals surface area contributed by atoms with Crippen molar-refractivity contribution in [3.05, 3.63) is 21.9 Å². The second-order valence-corrected chi connectivity index (χ2v) is 4.44. The Morgan fingerprint density at radius 1 is 1.33 bits per heavy atom. The van der Waals surface area contributed by atoms with Crippen LogP contribution in [-0.2, 0) is 16.1 Å². The van der Waals surface area contributed by atoms with Crippen molar-refractivity contribution in [1.29, 1.82) is 0 Å². The summed E-state index contributed by atoms with van der Waals surface area (Å²) in [5.74, 6) is -0.418. The van der Waals surface area contributed by atoms with Crippen LogP contribution in [0.4, 0.5) is 0 Å². The summed E-state index contributed by atoms with van der Waals surface area (Å²) in [5.41, 5.74) is 2.42. The quantitative estimate of drug-likeness (QED) is 0.745. The third kappa shape index (κ3) is 2.43. The van der Waals surface area contributed by atoms with Crippen LogP contribution in [0, 0.1) is 6.92 Å². The lowest BCUT2D eigenvalue weighted by molar-refractivity contribution is -0.136. The van der Waals surface area contributed by atoms with Gasteiger partial charge in [-0.3, -0.25) is 19.8 Å². The minimum atomic E-state index is -0.209. The van der Waals surface area contributed by atoms with Crippen molar-refractivity contribution < 1.29 is 9.59 Å². The molecule has 4 nitrogen and oxygen atoms in total. The van der Waals surface area contributed by atoms with Gasteiger partial charge in [-0.1, -0.05) is 0 Å². The fraction of sp³-hybridized carbons (Fsp3) is 0.400. The van der Waals surface area contributed by atoms with Gasteiger partial charge in [0.15, 0.2) is 0 Å².